The zero-order valence-corrected chi connectivity index (χ0v) is 13.1. The highest BCUT2D eigenvalue weighted by Crippen LogP contribution is 2.27. The Morgan fingerprint density at radius 1 is 1.38 bits per heavy atom. The largest absolute Gasteiger partial charge is 0.381 e. The van der Waals surface area contributed by atoms with Crippen molar-refractivity contribution in [2.45, 2.75) is 38.6 Å². The van der Waals surface area contributed by atoms with Gasteiger partial charge in [-0.3, -0.25) is 0 Å². The number of halogens is 1. The quantitative estimate of drug-likeness (QED) is 0.876. The Morgan fingerprint density at radius 3 is 2.76 bits per heavy atom. The molecule has 1 aromatic rings. The van der Waals surface area contributed by atoms with Crippen molar-refractivity contribution < 1.29 is 9.13 Å². The molecule has 0 saturated carbocycles. The minimum absolute atomic E-state index is 0.0852. The van der Waals surface area contributed by atoms with Gasteiger partial charge in [-0.25, -0.2) is 4.39 Å². The second-order valence-electron chi connectivity index (χ2n) is 6.06. The number of nitrogens with zero attached hydrogens (tertiary/aromatic N) is 1. The lowest BCUT2D eigenvalue weighted by Crippen LogP contribution is -2.31. The summed E-state index contributed by atoms with van der Waals surface area (Å²) in [5, 5.41) is 0. The van der Waals surface area contributed by atoms with Crippen LogP contribution < -0.4 is 10.6 Å². The third-order valence-corrected chi connectivity index (χ3v) is 4.33. The van der Waals surface area contributed by atoms with Crippen LogP contribution in [0.4, 0.5) is 10.1 Å². The summed E-state index contributed by atoms with van der Waals surface area (Å²) in [6.07, 6.45) is 3.74. The van der Waals surface area contributed by atoms with Gasteiger partial charge in [0.1, 0.15) is 5.82 Å². The van der Waals surface area contributed by atoms with Crippen molar-refractivity contribution in [3.8, 4) is 0 Å². The fourth-order valence-electron chi connectivity index (χ4n) is 2.99. The molecule has 1 heterocycles. The molecule has 0 bridgehead atoms. The Labute approximate surface area is 127 Å². The number of para-hydroxylation sites is 1. The van der Waals surface area contributed by atoms with Crippen molar-refractivity contribution >= 4 is 5.69 Å². The first-order valence-electron chi connectivity index (χ1n) is 7.93. The van der Waals surface area contributed by atoms with Crippen molar-refractivity contribution in [1.29, 1.82) is 0 Å². The van der Waals surface area contributed by atoms with Gasteiger partial charge in [0, 0.05) is 32.8 Å². The molecule has 1 fully saturated rings. The first kappa shape index (κ1) is 16.2. The third-order valence-electron chi connectivity index (χ3n) is 4.33. The molecule has 2 rings (SSSR count). The molecule has 3 nitrogen and oxygen atoms in total. The predicted octanol–water partition coefficient (Wildman–Crippen LogP) is 2.97. The Morgan fingerprint density at radius 2 is 2.10 bits per heavy atom. The van der Waals surface area contributed by atoms with E-state index >= 15 is 0 Å². The Kier molecular flexibility index (Phi) is 6.00. The number of rotatable bonds is 6. The molecule has 1 aliphatic rings. The van der Waals surface area contributed by atoms with E-state index in [4.69, 9.17) is 10.5 Å². The van der Waals surface area contributed by atoms with Crippen molar-refractivity contribution in [2.75, 3.05) is 31.7 Å². The lowest BCUT2D eigenvalue weighted by molar-refractivity contribution is 0.0685. The molecule has 4 heteroatoms. The van der Waals surface area contributed by atoms with Gasteiger partial charge in [0.05, 0.1) is 5.69 Å². The number of benzene rings is 1. The normalized spacial score (nSPS) is 17.7. The topological polar surface area (TPSA) is 38.5 Å². The fourth-order valence-corrected chi connectivity index (χ4v) is 2.99. The molecule has 1 aromatic carbocycles. The van der Waals surface area contributed by atoms with Crippen LogP contribution in [0.1, 0.15) is 31.7 Å². The van der Waals surface area contributed by atoms with E-state index < -0.39 is 0 Å². The van der Waals surface area contributed by atoms with Crippen molar-refractivity contribution in [3.05, 3.63) is 29.6 Å². The SMILES string of the molecule is CCC(N)Cc1cccc(F)c1N(C)CC1CCOCC1. The van der Waals surface area contributed by atoms with E-state index in [0.717, 1.165) is 51.0 Å². The number of anilines is 1. The van der Waals surface area contributed by atoms with Gasteiger partial charge in [-0.05, 0) is 43.2 Å². The maximum atomic E-state index is 14.3. The second kappa shape index (κ2) is 7.76. The first-order valence-corrected chi connectivity index (χ1v) is 7.93. The number of hydrogen-bond acceptors (Lipinski definition) is 3. The number of nitrogens with two attached hydrogens (primary N) is 1. The van der Waals surface area contributed by atoms with Crippen LogP contribution in [0.5, 0.6) is 0 Å². The maximum Gasteiger partial charge on any atom is 0.146 e. The molecule has 1 aliphatic heterocycles. The van der Waals surface area contributed by atoms with Crippen LogP contribution in [-0.4, -0.2) is 32.8 Å². The summed E-state index contributed by atoms with van der Waals surface area (Å²) in [5.74, 6) is 0.432. The summed E-state index contributed by atoms with van der Waals surface area (Å²) >= 11 is 0. The number of hydrogen-bond donors (Lipinski definition) is 1. The summed E-state index contributed by atoms with van der Waals surface area (Å²) in [6.45, 7) is 4.58. The van der Waals surface area contributed by atoms with E-state index in [1.54, 1.807) is 6.07 Å². The van der Waals surface area contributed by atoms with Gasteiger partial charge >= 0.3 is 0 Å². The molecule has 1 atom stereocenters. The van der Waals surface area contributed by atoms with Crippen LogP contribution in [0.25, 0.3) is 0 Å². The maximum absolute atomic E-state index is 14.3. The molecule has 0 radical (unpaired) electrons. The molecule has 0 aliphatic carbocycles. The standard InChI is InChI=1S/C17H27FN2O/c1-3-15(19)11-14-5-4-6-16(18)17(14)20(2)12-13-7-9-21-10-8-13/h4-6,13,15H,3,7-12,19H2,1-2H3. The van der Waals surface area contributed by atoms with Crippen LogP contribution in [0.3, 0.4) is 0 Å². The van der Waals surface area contributed by atoms with Crippen molar-refractivity contribution in [2.24, 2.45) is 11.7 Å². The van der Waals surface area contributed by atoms with Crippen molar-refractivity contribution in [1.82, 2.24) is 0 Å². The Hall–Kier alpha value is -1.13. The lowest BCUT2D eigenvalue weighted by atomic mass is 9.98. The van der Waals surface area contributed by atoms with E-state index in [-0.39, 0.29) is 11.9 Å². The van der Waals surface area contributed by atoms with E-state index in [1.165, 1.54) is 6.07 Å². The fraction of sp³-hybridized carbons (Fsp3) is 0.647. The van der Waals surface area contributed by atoms with Crippen molar-refractivity contribution in [3.63, 3.8) is 0 Å². The smallest absolute Gasteiger partial charge is 0.146 e. The van der Waals surface area contributed by atoms with Gasteiger partial charge in [-0.1, -0.05) is 19.1 Å². The van der Waals surface area contributed by atoms with Gasteiger partial charge in [0.15, 0.2) is 0 Å². The van der Waals surface area contributed by atoms with Gasteiger partial charge in [-0.15, -0.1) is 0 Å². The Balaban J connectivity index is 2.12. The zero-order chi connectivity index (χ0) is 15.2. The van der Waals surface area contributed by atoms with Crippen LogP contribution >= 0.6 is 0 Å². The average molecular weight is 294 g/mol. The molecule has 2 N–H and O–H groups in total. The van der Waals surface area contributed by atoms with Crippen LogP contribution in [0.15, 0.2) is 18.2 Å². The summed E-state index contributed by atoms with van der Waals surface area (Å²) < 4.78 is 19.7. The molecule has 0 amide bonds. The summed E-state index contributed by atoms with van der Waals surface area (Å²) in [5.41, 5.74) is 7.78. The van der Waals surface area contributed by atoms with Gasteiger partial charge < -0.3 is 15.4 Å². The van der Waals surface area contributed by atoms with E-state index in [2.05, 4.69) is 11.8 Å². The highest BCUT2D eigenvalue weighted by atomic mass is 19.1. The molecule has 0 spiro atoms. The summed E-state index contributed by atoms with van der Waals surface area (Å²) in [7, 11) is 1.98. The summed E-state index contributed by atoms with van der Waals surface area (Å²) in [4.78, 5) is 2.06. The second-order valence-corrected chi connectivity index (χ2v) is 6.06. The molecule has 21 heavy (non-hydrogen) atoms. The van der Waals surface area contributed by atoms with Crippen LogP contribution in [0, 0.1) is 11.7 Å². The molecular weight excluding hydrogens is 267 g/mol. The Bertz CT molecular complexity index is 446. The minimum atomic E-state index is -0.148. The highest BCUT2D eigenvalue weighted by Gasteiger charge is 2.20. The predicted molar refractivity (Wildman–Crippen MR) is 85.2 cm³/mol. The zero-order valence-electron chi connectivity index (χ0n) is 13.1. The summed E-state index contributed by atoms with van der Waals surface area (Å²) in [6, 6.07) is 5.39. The van der Waals surface area contributed by atoms with E-state index in [1.807, 2.05) is 13.1 Å². The highest BCUT2D eigenvalue weighted by molar-refractivity contribution is 5.54. The third kappa shape index (κ3) is 4.42. The van der Waals surface area contributed by atoms with Gasteiger partial charge in [0.2, 0.25) is 0 Å². The monoisotopic (exact) mass is 294 g/mol. The lowest BCUT2D eigenvalue weighted by Gasteiger charge is -2.30. The molecule has 118 valence electrons. The van der Waals surface area contributed by atoms with Crippen LogP contribution in [0.2, 0.25) is 0 Å². The molecule has 1 saturated heterocycles. The molecule has 0 aromatic heterocycles. The van der Waals surface area contributed by atoms with E-state index in [9.17, 15) is 4.39 Å². The number of ether oxygens (including phenoxy) is 1. The molecule has 1 unspecified atom stereocenters. The van der Waals surface area contributed by atoms with E-state index in [0.29, 0.717) is 11.6 Å². The minimum Gasteiger partial charge on any atom is -0.381 e. The average Bonchev–Trinajstić information content (AvgIpc) is 2.48. The van der Waals surface area contributed by atoms with Crippen LogP contribution in [-0.2, 0) is 11.2 Å². The van der Waals surface area contributed by atoms with Gasteiger partial charge in [0.25, 0.3) is 0 Å². The van der Waals surface area contributed by atoms with Gasteiger partial charge in [-0.2, -0.15) is 0 Å². The molecular formula is C17H27FN2O. The first-order chi connectivity index (χ1) is 10.1.